The number of fused-ring (bicyclic) bond motifs is 4. The quantitative estimate of drug-likeness (QED) is 0.162. The lowest BCUT2D eigenvalue weighted by molar-refractivity contribution is 1.27. The fourth-order valence-corrected chi connectivity index (χ4v) is 4.56. The van der Waals surface area contributed by atoms with Gasteiger partial charge in [-0.25, -0.2) is 0 Å². The molecule has 0 N–H and O–H groups in total. The van der Waals surface area contributed by atoms with Gasteiger partial charge in [-0.1, -0.05) is 97.1 Å². The molecule has 32 heavy (non-hydrogen) atoms. The molecule has 0 atom stereocenters. The molecule has 0 heterocycles. The molecule has 0 radical (unpaired) electrons. The fourth-order valence-electron chi connectivity index (χ4n) is 4.56. The Morgan fingerprint density at radius 1 is 0.375 bits per heavy atom. The third-order valence-electron chi connectivity index (χ3n) is 6.07. The molecule has 0 aliphatic rings. The second-order valence-corrected chi connectivity index (χ2v) is 7.95. The maximum absolute atomic E-state index is 4.50. The lowest BCUT2D eigenvalue weighted by Gasteiger charge is -2.08. The molecule has 0 unspecified atom stereocenters. The summed E-state index contributed by atoms with van der Waals surface area (Å²) in [5.41, 5.74) is 2.19. The second-order valence-electron chi connectivity index (χ2n) is 7.95. The van der Waals surface area contributed by atoms with Crippen LogP contribution in [0.5, 0.6) is 0 Å². The van der Waals surface area contributed by atoms with Crippen molar-refractivity contribution in [3.8, 4) is 0 Å². The summed E-state index contributed by atoms with van der Waals surface area (Å²) in [6, 6.07) is 38.2. The average molecular weight is 409 g/mol. The molecule has 2 nitrogen and oxygen atoms in total. The second kappa shape index (κ2) is 7.75. The molecule has 150 valence electrons. The van der Waals surface area contributed by atoms with Crippen molar-refractivity contribution in [2.24, 2.45) is 10.2 Å². The molecule has 0 fully saturated rings. The van der Waals surface area contributed by atoms with E-state index in [2.05, 4.69) is 119 Å². The maximum Gasteiger partial charge on any atom is 0.0580 e. The smallest absolute Gasteiger partial charge is 0.0580 e. The van der Waals surface area contributed by atoms with E-state index in [-0.39, 0.29) is 0 Å². The number of hydrogen-bond acceptors (Lipinski definition) is 2. The van der Waals surface area contributed by atoms with Crippen molar-refractivity contribution in [3.63, 3.8) is 0 Å². The molecule has 6 aromatic carbocycles. The van der Waals surface area contributed by atoms with Crippen molar-refractivity contribution < 1.29 is 0 Å². The molecule has 0 saturated heterocycles. The van der Waals surface area contributed by atoms with Crippen LogP contribution < -0.4 is 0 Å². The molecular weight excluding hydrogens is 388 g/mol. The summed E-state index contributed by atoms with van der Waals surface area (Å²) >= 11 is 0. The molecular formula is C30H20N2. The molecule has 0 aliphatic carbocycles. The zero-order chi connectivity index (χ0) is 21.3. The number of hydrogen-bond donors (Lipinski definition) is 0. The summed E-state index contributed by atoms with van der Waals surface area (Å²) in [4.78, 5) is 0. The minimum absolute atomic E-state index is 1.10. The van der Waals surface area contributed by atoms with Crippen LogP contribution in [0.4, 0.5) is 0 Å². The average Bonchev–Trinajstić information content (AvgIpc) is 2.85. The Morgan fingerprint density at radius 3 is 0.969 bits per heavy atom. The van der Waals surface area contributed by atoms with Gasteiger partial charge in [-0.15, -0.1) is 0 Å². The lowest BCUT2D eigenvalue weighted by Crippen LogP contribution is -1.89. The van der Waals surface area contributed by atoms with Crippen molar-refractivity contribution in [2.75, 3.05) is 0 Å². The summed E-state index contributed by atoms with van der Waals surface area (Å²) in [7, 11) is 0. The summed E-state index contributed by atoms with van der Waals surface area (Å²) in [5.74, 6) is 0. The van der Waals surface area contributed by atoms with Crippen LogP contribution in [0.25, 0.3) is 43.1 Å². The van der Waals surface area contributed by atoms with Crippen molar-refractivity contribution in [2.45, 2.75) is 0 Å². The SMILES string of the molecule is C(=N/N=C/c1c2ccccc2cc2ccccc12)/c1c2ccccc2cc2ccccc12. The molecule has 0 amide bonds. The first kappa shape index (κ1) is 18.5. The lowest BCUT2D eigenvalue weighted by atomic mass is 9.97. The molecule has 0 aromatic heterocycles. The molecule has 6 rings (SSSR count). The van der Waals surface area contributed by atoms with Crippen LogP contribution in [0.15, 0.2) is 119 Å². The van der Waals surface area contributed by atoms with Crippen molar-refractivity contribution in [3.05, 3.63) is 120 Å². The van der Waals surface area contributed by atoms with Gasteiger partial charge in [-0.3, -0.25) is 0 Å². The predicted octanol–water partition coefficient (Wildman–Crippen LogP) is 7.75. The van der Waals surface area contributed by atoms with Crippen LogP contribution in [-0.4, -0.2) is 12.4 Å². The fraction of sp³-hybridized carbons (Fsp3) is 0. The van der Waals surface area contributed by atoms with E-state index in [1.54, 1.807) is 0 Å². The first-order chi connectivity index (χ1) is 15.9. The Morgan fingerprint density at radius 2 is 0.656 bits per heavy atom. The number of rotatable bonds is 3. The van der Waals surface area contributed by atoms with Gasteiger partial charge < -0.3 is 0 Å². The van der Waals surface area contributed by atoms with Gasteiger partial charge >= 0.3 is 0 Å². The van der Waals surface area contributed by atoms with Crippen LogP contribution in [0.3, 0.4) is 0 Å². The Labute approximate surface area is 186 Å². The van der Waals surface area contributed by atoms with Crippen LogP contribution >= 0.6 is 0 Å². The van der Waals surface area contributed by atoms with E-state index in [9.17, 15) is 0 Å². The third-order valence-corrected chi connectivity index (χ3v) is 6.07. The summed E-state index contributed by atoms with van der Waals surface area (Å²) in [6.45, 7) is 0. The Kier molecular flexibility index (Phi) is 4.47. The van der Waals surface area contributed by atoms with Gasteiger partial charge in [0.25, 0.3) is 0 Å². The zero-order valence-corrected chi connectivity index (χ0v) is 17.4. The van der Waals surface area contributed by atoms with E-state index in [0.29, 0.717) is 0 Å². The van der Waals surface area contributed by atoms with E-state index in [4.69, 9.17) is 0 Å². The predicted molar refractivity (Wildman–Crippen MR) is 138 cm³/mol. The molecule has 2 heteroatoms. The molecule has 0 bridgehead atoms. The highest BCUT2D eigenvalue weighted by Crippen LogP contribution is 2.28. The van der Waals surface area contributed by atoms with Crippen LogP contribution in [0.1, 0.15) is 11.1 Å². The Balaban J connectivity index is 1.49. The molecule has 6 aromatic rings. The molecule has 0 aliphatic heterocycles. The number of nitrogens with zero attached hydrogens (tertiary/aromatic N) is 2. The molecule has 0 saturated carbocycles. The zero-order valence-electron chi connectivity index (χ0n) is 17.4. The van der Waals surface area contributed by atoms with Crippen molar-refractivity contribution >= 4 is 55.5 Å². The van der Waals surface area contributed by atoms with Crippen LogP contribution in [0.2, 0.25) is 0 Å². The van der Waals surface area contributed by atoms with Gasteiger partial charge in [0.15, 0.2) is 0 Å². The standard InChI is InChI=1S/C30H20N2/c1-5-13-25-21(9-1)17-22-10-2-6-14-26(22)29(25)19-31-32-20-30-27-15-7-3-11-23(27)18-24-12-4-8-16-28(24)30/h1-20H/b31-19-,32-20+. The van der Waals surface area contributed by atoms with Crippen molar-refractivity contribution in [1.29, 1.82) is 0 Å². The van der Waals surface area contributed by atoms with E-state index >= 15 is 0 Å². The van der Waals surface area contributed by atoms with Gasteiger partial charge in [0.2, 0.25) is 0 Å². The highest BCUT2D eigenvalue weighted by Gasteiger charge is 2.06. The Bertz CT molecular complexity index is 1440. The summed E-state index contributed by atoms with van der Waals surface area (Å²) in [5, 5.41) is 18.5. The van der Waals surface area contributed by atoms with Gasteiger partial charge in [0.1, 0.15) is 0 Å². The van der Waals surface area contributed by atoms with Gasteiger partial charge in [0, 0.05) is 11.1 Å². The third kappa shape index (κ3) is 3.14. The molecule has 0 spiro atoms. The van der Waals surface area contributed by atoms with Crippen LogP contribution in [-0.2, 0) is 0 Å². The Hall–Kier alpha value is -4.30. The summed E-state index contributed by atoms with van der Waals surface area (Å²) < 4.78 is 0. The first-order valence-corrected chi connectivity index (χ1v) is 10.8. The highest BCUT2D eigenvalue weighted by molar-refractivity contribution is 6.15. The minimum Gasteiger partial charge on any atom is -0.158 e. The van der Waals surface area contributed by atoms with Gasteiger partial charge in [-0.2, -0.15) is 10.2 Å². The normalized spacial score (nSPS) is 12.1. The van der Waals surface area contributed by atoms with E-state index in [1.165, 1.54) is 43.1 Å². The van der Waals surface area contributed by atoms with Gasteiger partial charge in [-0.05, 0) is 55.2 Å². The van der Waals surface area contributed by atoms with E-state index in [0.717, 1.165) is 11.1 Å². The van der Waals surface area contributed by atoms with Crippen molar-refractivity contribution in [1.82, 2.24) is 0 Å². The number of benzene rings is 6. The topological polar surface area (TPSA) is 24.7 Å². The van der Waals surface area contributed by atoms with E-state index in [1.807, 2.05) is 12.4 Å². The largest absolute Gasteiger partial charge is 0.158 e. The first-order valence-electron chi connectivity index (χ1n) is 10.8. The highest BCUT2D eigenvalue weighted by atomic mass is 15.2. The van der Waals surface area contributed by atoms with Crippen LogP contribution in [0, 0.1) is 0 Å². The van der Waals surface area contributed by atoms with Gasteiger partial charge in [0.05, 0.1) is 12.4 Å². The summed E-state index contributed by atoms with van der Waals surface area (Å²) in [6.07, 6.45) is 3.77. The maximum atomic E-state index is 4.50. The minimum atomic E-state index is 1.10. The van der Waals surface area contributed by atoms with E-state index < -0.39 is 0 Å². The monoisotopic (exact) mass is 408 g/mol.